The number of imidazole rings is 1. The van der Waals surface area contributed by atoms with Crippen LogP contribution in [-0.4, -0.2) is 25.3 Å². The molecule has 64 valence electrons. The molecule has 0 spiro atoms. The van der Waals surface area contributed by atoms with Crippen LogP contribution in [-0.2, 0) is 0 Å². The molecule has 0 saturated heterocycles. The lowest BCUT2D eigenvalue weighted by Gasteiger charge is -1.90. The lowest BCUT2D eigenvalue weighted by molar-refractivity contribution is -0.389. The van der Waals surface area contributed by atoms with Crippen molar-refractivity contribution < 1.29 is 10.1 Å². The summed E-state index contributed by atoms with van der Waals surface area (Å²) in [7, 11) is 0. The molecule has 0 aliphatic heterocycles. The van der Waals surface area contributed by atoms with Crippen LogP contribution in [0.15, 0.2) is 11.5 Å². The van der Waals surface area contributed by atoms with Gasteiger partial charge in [0.1, 0.15) is 0 Å². The summed E-state index contributed by atoms with van der Waals surface area (Å²) >= 11 is 5.31. The van der Waals surface area contributed by atoms with Crippen LogP contribution in [0.25, 0.3) is 0 Å². The van der Waals surface area contributed by atoms with E-state index < -0.39 is 15.9 Å². The van der Waals surface area contributed by atoms with Gasteiger partial charge in [0.15, 0.2) is 5.69 Å². The molecule has 0 aromatic carbocycles. The number of hydrogen-bond donors (Lipinski definition) is 2. The van der Waals surface area contributed by atoms with E-state index in [0.29, 0.717) is 0 Å². The standard InChI is InChI=1S/C4H3ClN4O3/c5-3(8-10)2-4(9(11)12)7-1-6-2/h1,10H,(H,6,7). The molecule has 0 aliphatic carbocycles. The topological polar surface area (TPSA) is 104 Å². The predicted molar refractivity (Wildman–Crippen MR) is 39.4 cm³/mol. The van der Waals surface area contributed by atoms with Crippen molar-refractivity contribution in [1.82, 2.24) is 9.97 Å². The molecule has 2 N–H and O–H groups in total. The van der Waals surface area contributed by atoms with E-state index in [-0.39, 0.29) is 5.69 Å². The third kappa shape index (κ3) is 1.35. The van der Waals surface area contributed by atoms with E-state index in [2.05, 4.69) is 15.1 Å². The Morgan fingerprint density at radius 3 is 3.08 bits per heavy atom. The molecule has 0 atom stereocenters. The third-order valence-corrected chi connectivity index (χ3v) is 1.35. The van der Waals surface area contributed by atoms with Crippen LogP contribution in [0.5, 0.6) is 0 Å². The van der Waals surface area contributed by atoms with Crippen LogP contribution in [0.1, 0.15) is 5.69 Å². The molecule has 1 aromatic heterocycles. The first-order chi connectivity index (χ1) is 5.66. The van der Waals surface area contributed by atoms with Crippen LogP contribution in [0, 0.1) is 10.1 Å². The lowest BCUT2D eigenvalue weighted by atomic mass is 10.5. The molecule has 0 amide bonds. The highest BCUT2D eigenvalue weighted by Gasteiger charge is 2.20. The SMILES string of the molecule is O=[N+]([O-])c1nc[nH]c1C(Cl)=NO. The average molecular weight is 191 g/mol. The highest BCUT2D eigenvalue weighted by molar-refractivity contribution is 6.69. The van der Waals surface area contributed by atoms with Crippen LogP contribution >= 0.6 is 11.6 Å². The van der Waals surface area contributed by atoms with Crippen LogP contribution < -0.4 is 0 Å². The van der Waals surface area contributed by atoms with Gasteiger partial charge in [0.05, 0.1) is 0 Å². The number of oxime groups is 1. The van der Waals surface area contributed by atoms with Gasteiger partial charge < -0.3 is 20.3 Å². The van der Waals surface area contributed by atoms with Gasteiger partial charge >= 0.3 is 5.82 Å². The number of aromatic amines is 1. The molecule has 1 rings (SSSR count). The minimum absolute atomic E-state index is 0.121. The van der Waals surface area contributed by atoms with E-state index in [1.807, 2.05) is 0 Å². The number of nitrogens with one attached hydrogen (secondary N) is 1. The molecule has 0 unspecified atom stereocenters. The fraction of sp³-hybridized carbons (Fsp3) is 0. The zero-order chi connectivity index (χ0) is 9.14. The van der Waals surface area contributed by atoms with Crippen molar-refractivity contribution in [2.45, 2.75) is 0 Å². The highest BCUT2D eigenvalue weighted by Crippen LogP contribution is 2.14. The Morgan fingerprint density at radius 2 is 2.58 bits per heavy atom. The average Bonchev–Trinajstić information content (AvgIpc) is 2.50. The molecular formula is C4H3ClN4O3. The number of aromatic nitrogens is 2. The maximum Gasteiger partial charge on any atom is 0.392 e. The summed E-state index contributed by atoms with van der Waals surface area (Å²) in [6.07, 6.45) is 1.08. The Bertz CT molecular complexity index is 333. The fourth-order valence-corrected chi connectivity index (χ4v) is 0.766. The predicted octanol–water partition coefficient (Wildman–Crippen LogP) is 0.692. The molecule has 8 heteroatoms. The monoisotopic (exact) mass is 190 g/mol. The lowest BCUT2D eigenvalue weighted by Crippen LogP contribution is -1.98. The Hall–Kier alpha value is -1.63. The van der Waals surface area contributed by atoms with Crippen LogP contribution in [0.4, 0.5) is 5.82 Å². The molecule has 1 aromatic rings. The molecule has 7 nitrogen and oxygen atoms in total. The molecule has 0 aliphatic rings. The highest BCUT2D eigenvalue weighted by atomic mass is 35.5. The van der Waals surface area contributed by atoms with Gasteiger partial charge in [-0.1, -0.05) is 16.8 Å². The second-order valence-electron chi connectivity index (χ2n) is 1.75. The Morgan fingerprint density at radius 1 is 1.92 bits per heavy atom. The summed E-state index contributed by atoms with van der Waals surface area (Å²) in [6.45, 7) is 0. The van der Waals surface area contributed by atoms with Crippen molar-refractivity contribution in [2.24, 2.45) is 5.16 Å². The normalized spacial score (nSPS) is 11.6. The van der Waals surface area contributed by atoms with Crippen molar-refractivity contribution in [3.63, 3.8) is 0 Å². The first-order valence-electron chi connectivity index (χ1n) is 2.72. The van der Waals surface area contributed by atoms with Crippen molar-refractivity contribution in [3.8, 4) is 0 Å². The van der Waals surface area contributed by atoms with E-state index in [9.17, 15) is 10.1 Å². The molecular weight excluding hydrogens is 188 g/mol. The minimum atomic E-state index is -0.737. The van der Waals surface area contributed by atoms with Crippen molar-refractivity contribution in [1.29, 1.82) is 0 Å². The Kier molecular flexibility index (Phi) is 2.24. The van der Waals surface area contributed by atoms with E-state index in [4.69, 9.17) is 16.8 Å². The largest absolute Gasteiger partial charge is 0.410 e. The molecule has 12 heavy (non-hydrogen) atoms. The van der Waals surface area contributed by atoms with E-state index in [1.54, 1.807) is 0 Å². The number of rotatable bonds is 2. The molecule has 0 saturated carbocycles. The van der Waals surface area contributed by atoms with Gasteiger partial charge in [-0.2, -0.15) is 0 Å². The first-order valence-corrected chi connectivity index (χ1v) is 3.10. The quantitative estimate of drug-likeness (QED) is 0.310. The van der Waals surface area contributed by atoms with Crippen molar-refractivity contribution in [3.05, 3.63) is 22.1 Å². The minimum Gasteiger partial charge on any atom is -0.410 e. The van der Waals surface area contributed by atoms with Gasteiger partial charge in [0.25, 0.3) is 0 Å². The third-order valence-electron chi connectivity index (χ3n) is 1.09. The number of hydrogen-bond acceptors (Lipinski definition) is 5. The summed E-state index contributed by atoms with van der Waals surface area (Å²) in [6, 6.07) is 0. The van der Waals surface area contributed by atoms with Crippen molar-refractivity contribution in [2.75, 3.05) is 0 Å². The second-order valence-corrected chi connectivity index (χ2v) is 2.11. The Balaban J connectivity index is 3.16. The van der Waals surface area contributed by atoms with Gasteiger partial charge in [-0.3, -0.25) is 0 Å². The summed E-state index contributed by atoms with van der Waals surface area (Å²) in [5.74, 6) is -0.474. The number of halogens is 1. The Labute approximate surface area is 70.8 Å². The summed E-state index contributed by atoms with van der Waals surface area (Å²) in [5.41, 5.74) is -0.121. The van der Waals surface area contributed by atoms with E-state index >= 15 is 0 Å². The van der Waals surface area contributed by atoms with Crippen LogP contribution in [0.3, 0.4) is 0 Å². The van der Waals surface area contributed by atoms with Crippen LogP contribution in [0.2, 0.25) is 0 Å². The molecule has 1 heterocycles. The number of nitrogens with zero attached hydrogens (tertiary/aromatic N) is 3. The first kappa shape index (κ1) is 8.47. The van der Waals surface area contributed by atoms with E-state index in [0.717, 1.165) is 6.33 Å². The summed E-state index contributed by atoms with van der Waals surface area (Å²) in [5, 5.41) is 20.6. The maximum atomic E-state index is 10.2. The van der Waals surface area contributed by atoms with Crippen molar-refractivity contribution >= 4 is 22.6 Å². The zero-order valence-electron chi connectivity index (χ0n) is 5.56. The number of H-pyrrole nitrogens is 1. The summed E-state index contributed by atoms with van der Waals surface area (Å²) < 4.78 is 0. The second kappa shape index (κ2) is 3.18. The zero-order valence-corrected chi connectivity index (χ0v) is 6.32. The van der Waals surface area contributed by atoms with Gasteiger partial charge in [-0.25, -0.2) is 0 Å². The number of nitro groups is 1. The smallest absolute Gasteiger partial charge is 0.392 e. The fourth-order valence-electron chi connectivity index (χ4n) is 0.627. The maximum absolute atomic E-state index is 10.2. The van der Waals surface area contributed by atoms with E-state index in [1.165, 1.54) is 0 Å². The van der Waals surface area contributed by atoms with Gasteiger partial charge in [-0.05, 0) is 9.91 Å². The van der Waals surface area contributed by atoms with Gasteiger partial charge in [0, 0.05) is 0 Å². The summed E-state index contributed by atoms with van der Waals surface area (Å²) in [4.78, 5) is 15.2. The molecule has 0 bridgehead atoms. The molecule has 0 fully saturated rings. The van der Waals surface area contributed by atoms with Gasteiger partial charge in [0.2, 0.25) is 11.5 Å². The van der Waals surface area contributed by atoms with Gasteiger partial charge in [-0.15, -0.1) is 0 Å². The molecule has 0 radical (unpaired) electrons.